The summed E-state index contributed by atoms with van der Waals surface area (Å²) >= 11 is 0. The molecule has 2 N–H and O–H groups in total. The van der Waals surface area contributed by atoms with Gasteiger partial charge in [-0.05, 0) is 5.56 Å². The van der Waals surface area contributed by atoms with Gasteiger partial charge >= 0.3 is 0 Å². The Bertz CT molecular complexity index is 367. The summed E-state index contributed by atoms with van der Waals surface area (Å²) in [7, 11) is 0. The van der Waals surface area contributed by atoms with Crippen molar-refractivity contribution in [2.75, 3.05) is 19.7 Å². The van der Waals surface area contributed by atoms with Gasteiger partial charge in [-0.2, -0.15) is 0 Å². The fourth-order valence-electron chi connectivity index (χ4n) is 2.11. The van der Waals surface area contributed by atoms with Gasteiger partial charge in [0.25, 0.3) is 0 Å². The third-order valence-corrected chi connectivity index (χ3v) is 2.90. The number of hydrogen-bond donors (Lipinski definition) is 1. The summed E-state index contributed by atoms with van der Waals surface area (Å²) in [5, 5.41) is 0. The van der Waals surface area contributed by atoms with Crippen LogP contribution in [0.25, 0.3) is 0 Å². The third-order valence-electron chi connectivity index (χ3n) is 2.90. The van der Waals surface area contributed by atoms with E-state index in [2.05, 4.69) is 17.0 Å². The lowest BCUT2D eigenvalue weighted by molar-refractivity contribution is -0.123. The molecule has 1 aromatic carbocycles. The van der Waals surface area contributed by atoms with E-state index in [-0.39, 0.29) is 12.0 Å². The Morgan fingerprint density at radius 2 is 2.18 bits per heavy atom. The molecule has 2 rings (SSSR count). The predicted molar refractivity (Wildman–Crippen MR) is 65.3 cm³/mol. The van der Waals surface area contributed by atoms with Crippen LogP contribution >= 0.6 is 0 Å². The Labute approximate surface area is 101 Å². The van der Waals surface area contributed by atoms with Gasteiger partial charge in [-0.15, -0.1) is 0 Å². The number of hydrogen-bond acceptors (Lipinski definition) is 3. The Hall–Kier alpha value is -1.39. The maximum absolute atomic E-state index is 10.9. The topological polar surface area (TPSA) is 55.6 Å². The molecule has 1 aromatic rings. The van der Waals surface area contributed by atoms with Crippen LogP contribution in [0.3, 0.4) is 0 Å². The van der Waals surface area contributed by atoms with Crippen molar-refractivity contribution in [3.05, 3.63) is 35.9 Å². The van der Waals surface area contributed by atoms with Crippen molar-refractivity contribution >= 4 is 5.91 Å². The van der Waals surface area contributed by atoms with Gasteiger partial charge in [0.05, 0.1) is 19.1 Å². The van der Waals surface area contributed by atoms with Gasteiger partial charge in [0.1, 0.15) is 0 Å². The largest absolute Gasteiger partial charge is 0.375 e. The number of carbonyl (C=O) groups is 1. The van der Waals surface area contributed by atoms with E-state index >= 15 is 0 Å². The minimum absolute atomic E-state index is 0.0510. The average molecular weight is 234 g/mol. The van der Waals surface area contributed by atoms with Crippen LogP contribution in [0.5, 0.6) is 0 Å². The van der Waals surface area contributed by atoms with Crippen LogP contribution in [-0.2, 0) is 16.1 Å². The van der Waals surface area contributed by atoms with E-state index in [0.29, 0.717) is 13.0 Å². The van der Waals surface area contributed by atoms with Crippen molar-refractivity contribution < 1.29 is 9.53 Å². The van der Waals surface area contributed by atoms with Gasteiger partial charge in [0, 0.05) is 19.6 Å². The first-order valence-corrected chi connectivity index (χ1v) is 5.90. The van der Waals surface area contributed by atoms with Crippen molar-refractivity contribution in [3.8, 4) is 0 Å². The third kappa shape index (κ3) is 3.84. The number of rotatable bonds is 4. The zero-order valence-corrected chi connectivity index (χ0v) is 9.84. The highest BCUT2D eigenvalue weighted by Crippen LogP contribution is 2.12. The lowest BCUT2D eigenvalue weighted by atomic mass is 10.1. The molecule has 92 valence electrons. The number of amides is 1. The molecule has 4 heteroatoms. The molecule has 4 nitrogen and oxygen atoms in total. The molecule has 1 aliphatic rings. The zero-order chi connectivity index (χ0) is 12.1. The van der Waals surface area contributed by atoms with Crippen LogP contribution in [0.1, 0.15) is 12.0 Å². The highest BCUT2D eigenvalue weighted by atomic mass is 16.5. The molecular formula is C13H18N2O2. The fraction of sp³-hybridized carbons (Fsp3) is 0.462. The first kappa shape index (κ1) is 12.1. The first-order valence-electron chi connectivity index (χ1n) is 5.90. The smallest absolute Gasteiger partial charge is 0.220 e. The van der Waals surface area contributed by atoms with E-state index in [1.807, 2.05) is 18.2 Å². The summed E-state index contributed by atoms with van der Waals surface area (Å²) in [6, 6.07) is 10.3. The van der Waals surface area contributed by atoms with Crippen molar-refractivity contribution in [1.82, 2.24) is 4.90 Å². The molecule has 1 saturated heterocycles. The lowest BCUT2D eigenvalue weighted by Crippen LogP contribution is -2.43. The lowest BCUT2D eigenvalue weighted by Gasteiger charge is -2.32. The average Bonchev–Trinajstić information content (AvgIpc) is 2.30. The number of nitrogens with two attached hydrogens (primary N) is 1. The summed E-state index contributed by atoms with van der Waals surface area (Å²) < 4.78 is 5.51. The molecule has 1 aliphatic heterocycles. The monoisotopic (exact) mass is 234 g/mol. The fourth-order valence-corrected chi connectivity index (χ4v) is 2.11. The Morgan fingerprint density at radius 3 is 2.88 bits per heavy atom. The molecule has 1 amide bonds. The zero-order valence-electron chi connectivity index (χ0n) is 9.84. The van der Waals surface area contributed by atoms with Crippen LogP contribution in [0, 0.1) is 0 Å². The van der Waals surface area contributed by atoms with Crippen molar-refractivity contribution in [2.45, 2.75) is 19.1 Å². The number of ether oxygens (including phenoxy) is 1. The summed E-state index contributed by atoms with van der Waals surface area (Å²) in [6.07, 6.45) is 0.260. The second-order valence-corrected chi connectivity index (χ2v) is 4.38. The summed E-state index contributed by atoms with van der Waals surface area (Å²) in [5.41, 5.74) is 6.47. The number of primary amides is 1. The minimum Gasteiger partial charge on any atom is -0.375 e. The van der Waals surface area contributed by atoms with Gasteiger partial charge in [0.2, 0.25) is 5.91 Å². The van der Waals surface area contributed by atoms with Crippen LogP contribution in [-0.4, -0.2) is 36.6 Å². The van der Waals surface area contributed by atoms with Crippen LogP contribution in [0.2, 0.25) is 0 Å². The molecule has 1 heterocycles. The molecular weight excluding hydrogens is 216 g/mol. The van der Waals surface area contributed by atoms with Gasteiger partial charge in [0.15, 0.2) is 0 Å². The summed E-state index contributed by atoms with van der Waals surface area (Å²) in [4.78, 5) is 13.2. The highest BCUT2D eigenvalue weighted by molar-refractivity contribution is 5.74. The van der Waals surface area contributed by atoms with Gasteiger partial charge in [-0.25, -0.2) is 0 Å². The van der Waals surface area contributed by atoms with Crippen LogP contribution in [0.4, 0.5) is 0 Å². The molecule has 0 saturated carbocycles. The van der Waals surface area contributed by atoms with Crippen molar-refractivity contribution in [1.29, 1.82) is 0 Å². The number of carbonyl (C=O) groups excluding carboxylic acids is 1. The maximum atomic E-state index is 10.9. The van der Waals surface area contributed by atoms with E-state index in [4.69, 9.17) is 10.5 Å². The van der Waals surface area contributed by atoms with E-state index < -0.39 is 0 Å². The van der Waals surface area contributed by atoms with Gasteiger partial charge < -0.3 is 10.5 Å². The molecule has 1 atom stereocenters. The molecule has 0 bridgehead atoms. The van der Waals surface area contributed by atoms with E-state index in [1.54, 1.807) is 0 Å². The second-order valence-electron chi connectivity index (χ2n) is 4.38. The minimum atomic E-state index is -0.295. The molecule has 17 heavy (non-hydrogen) atoms. The quantitative estimate of drug-likeness (QED) is 0.837. The molecule has 0 aromatic heterocycles. The van der Waals surface area contributed by atoms with Gasteiger partial charge in [-0.1, -0.05) is 30.3 Å². The second kappa shape index (κ2) is 5.80. The predicted octanol–water partition coefficient (Wildman–Crippen LogP) is 0.763. The molecule has 0 radical (unpaired) electrons. The highest BCUT2D eigenvalue weighted by Gasteiger charge is 2.21. The summed E-state index contributed by atoms with van der Waals surface area (Å²) in [5.74, 6) is -0.295. The molecule has 0 unspecified atom stereocenters. The van der Waals surface area contributed by atoms with Crippen LogP contribution < -0.4 is 5.73 Å². The van der Waals surface area contributed by atoms with Crippen molar-refractivity contribution in [2.24, 2.45) is 5.73 Å². The number of morpholine rings is 1. The standard InChI is InChI=1S/C13H18N2O2/c14-13(16)8-12-10-15(6-7-17-12)9-11-4-2-1-3-5-11/h1-5,12H,6-10H2,(H2,14,16)/t12-/m1/s1. The molecule has 0 aliphatic carbocycles. The maximum Gasteiger partial charge on any atom is 0.220 e. The Balaban J connectivity index is 1.87. The summed E-state index contributed by atoms with van der Waals surface area (Å²) in [6.45, 7) is 3.26. The van der Waals surface area contributed by atoms with Crippen molar-refractivity contribution in [3.63, 3.8) is 0 Å². The number of benzene rings is 1. The van der Waals surface area contributed by atoms with Gasteiger partial charge in [-0.3, -0.25) is 9.69 Å². The Kier molecular flexibility index (Phi) is 4.12. The van der Waals surface area contributed by atoms with E-state index in [9.17, 15) is 4.79 Å². The van der Waals surface area contributed by atoms with E-state index in [1.165, 1.54) is 5.56 Å². The normalized spacial score (nSPS) is 21.3. The molecule has 0 spiro atoms. The van der Waals surface area contributed by atoms with Crippen LogP contribution in [0.15, 0.2) is 30.3 Å². The van der Waals surface area contributed by atoms with E-state index in [0.717, 1.165) is 19.6 Å². The molecule has 1 fully saturated rings. The Morgan fingerprint density at radius 1 is 1.41 bits per heavy atom. The number of nitrogens with zero attached hydrogens (tertiary/aromatic N) is 1. The SMILES string of the molecule is NC(=O)C[C@@H]1CN(Cc2ccccc2)CCO1. The first-order chi connectivity index (χ1) is 8.24.